The Balaban J connectivity index is 1.62. The van der Waals surface area contributed by atoms with Crippen molar-refractivity contribution in [3.63, 3.8) is 0 Å². The van der Waals surface area contributed by atoms with E-state index >= 15 is 0 Å². The fraction of sp³-hybridized carbons (Fsp3) is 0.222. The Morgan fingerprint density at radius 3 is 2.92 bits per heavy atom. The highest BCUT2D eigenvalue weighted by Gasteiger charge is 2.14. The molecule has 0 saturated heterocycles. The number of nitrogens with zero attached hydrogens (tertiary/aromatic N) is 1. The van der Waals surface area contributed by atoms with Crippen LogP contribution in [0.4, 0.5) is 0 Å². The number of benzene rings is 1. The topological polar surface area (TPSA) is 55.1 Å². The smallest absolute Gasteiger partial charge is 0.226 e. The molecule has 24 heavy (non-hydrogen) atoms. The van der Waals surface area contributed by atoms with Crippen molar-refractivity contribution in [2.45, 2.75) is 26.3 Å². The van der Waals surface area contributed by atoms with E-state index in [1.807, 2.05) is 55.6 Å². The predicted octanol–water partition coefficient (Wildman–Crippen LogP) is 4.89. The first-order valence-corrected chi connectivity index (χ1v) is 9.24. The van der Waals surface area contributed by atoms with Crippen molar-refractivity contribution in [1.82, 2.24) is 10.3 Å². The Hall–Kier alpha value is -1.92. The van der Waals surface area contributed by atoms with Crippen LogP contribution >= 0.6 is 27.3 Å². The van der Waals surface area contributed by atoms with Gasteiger partial charge in [-0.15, -0.1) is 11.3 Å². The second-order valence-corrected chi connectivity index (χ2v) is 7.35. The molecule has 0 unspecified atom stereocenters. The zero-order chi connectivity index (χ0) is 17.1. The lowest BCUT2D eigenvalue weighted by Gasteiger charge is -2.14. The minimum absolute atomic E-state index is 0.0463. The van der Waals surface area contributed by atoms with Crippen LogP contribution in [0, 0.1) is 6.92 Å². The Bertz CT molecular complexity index is 856. The number of amides is 1. The number of hydrogen-bond donors (Lipinski definition) is 1. The number of hydrogen-bond acceptors (Lipinski definition) is 4. The summed E-state index contributed by atoms with van der Waals surface area (Å²) in [6.45, 7) is 3.87. The second-order valence-electron chi connectivity index (χ2n) is 5.58. The molecule has 1 N–H and O–H groups in total. The number of rotatable bonds is 5. The number of halogens is 1. The minimum atomic E-state index is -0.0548. The molecule has 0 radical (unpaired) electrons. The Morgan fingerprint density at radius 2 is 2.21 bits per heavy atom. The minimum Gasteiger partial charge on any atom is -0.459 e. The fourth-order valence-electron chi connectivity index (χ4n) is 2.37. The van der Waals surface area contributed by atoms with Gasteiger partial charge in [0.05, 0.1) is 18.2 Å². The van der Waals surface area contributed by atoms with E-state index in [2.05, 4.69) is 26.2 Å². The highest BCUT2D eigenvalue weighted by molar-refractivity contribution is 9.10. The van der Waals surface area contributed by atoms with E-state index in [-0.39, 0.29) is 18.4 Å². The molecule has 1 aromatic carbocycles. The number of thiazole rings is 1. The van der Waals surface area contributed by atoms with Crippen LogP contribution in [0.15, 0.2) is 50.7 Å². The van der Waals surface area contributed by atoms with Gasteiger partial charge in [0, 0.05) is 9.85 Å². The average molecular weight is 405 g/mol. The summed E-state index contributed by atoms with van der Waals surface area (Å²) in [6.07, 6.45) is 0.258. The van der Waals surface area contributed by atoms with Crippen LogP contribution in [0.3, 0.4) is 0 Å². The van der Waals surface area contributed by atoms with Crippen molar-refractivity contribution < 1.29 is 9.21 Å². The van der Waals surface area contributed by atoms with Gasteiger partial charge in [0.15, 0.2) is 10.8 Å². The largest absolute Gasteiger partial charge is 0.459 e. The van der Waals surface area contributed by atoms with Crippen LogP contribution < -0.4 is 5.32 Å². The monoisotopic (exact) mass is 404 g/mol. The molecule has 0 aliphatic rings. The molecular weight excluding hydrogens is 388 g/mol. The van der Waals surface area contributed by atoms with E-state index in [9.17, 15) is 4.79 Å². The number of carbonyl (C=O) groups excluding carboxylic acids is 1. The molecule has 1 atom stereocenters. The van der Waals surface area contributed by atoms with Gasteiger partial charge in [0.25, 0.3) is 0 Å². The van der Waals surface area contributed by atoms with Gasteiger partial charge in [0.2, 0.25) is 5.91 Å². The molecule has 2 heterocycles. The number of aromatic nitrogens is 1. The van der Waals surface area contributed by atoms with Gasteiger partial charge >= 0.3 is 0 Å². The molecule has 1 amide bonds. The average Bonchev–Trinajstić information content (AvgIpc) is 3.16. The fourth-order valence-corrected chi connectivity index (χ4v) is 3.56. The first-order valence-electron chi connectivity index (χ1n) is 7.57. The predicted molar refractivity (Wildman–Crippen MR) is 99.0 cm³/mol. The SMILES string of the molecule is Cc1ccc(-c2nc(CC(=O)N[C@@H](C)c3cccc(Br)c3)cs2)o1. The highest BCUT2D eigenvalue weighted by Crippen LogP contribution is 2.26. The summed E-state index contributed by atoms with van der Waals surface area (Å²) < 4.78 is 6.56. The van der Waals surface area contributed by atoms with Crippen LogP contribution in [-0.2, 0) is 11.2 Å². The molecule has 2 aromatic heterocycles. The third-order valence-electron chi connectivity index (χ3n) is 3.57. The van der Waals surface area contributed by atoms with Crippen molar-refractivity contribution >= 4 is 33.2 Å². The summed E-state index contributed by atoms with van der Waals surface area (Å²) in [5.41, 5.74) is 1.81. The third-order valence-corrected chi connectivity index (χ3v) is 4.97. The first kappa shape index (κ1) is 16.9. The van der Waals surface area contributed by atoms with E-state index in [4.69, 9.17) is 4.42 Å². The molecule has 3 rings (SSSR count). The van der Waals surface area contributed by atoms with Crippen LogP contribution in [0.5, 0.6) is 0 Å². The molecule has 0 fully saturated rings. The van der Waals surface area contributed by atoms with E-state index < -0.39 is 0 Å². The lowest BCUT2D eigenvalue weighted by Crippen LogP contribution is -2.28. The van der Waals surface area contributed by atoms with Crippen molar-refractivity contribution in [3.05, 3.63) is 63.3 Å². The number of nitrogens with one attached hydrogen (secondary N) is 1. The van der Waals surface area contributed by atoms with Gasteiger partial charge in [-0.25, -0.2) is 4.98 Å². The zero-order valence-electron chi connectivity index (χ0n) is 13.4. The van der Waals surface area contributed by atoms with Gasteiger partial charge < -0.3 is 9.73 Å². The van der Waals surface area contributed by atoms with Crippen molar-refractivity contribution in [1.29, 1.82) is 0 Å². The number of aryl methyl sites for hydroxylation is 1. The van der Waals surface area contributed by atoms with Crippen molar-refractivity contribution in [3.8, 4) is 10.8 Å². The molecule has 0 aliphatic carbocycles. The summed E-state index contributed by atoms with van der Waals surface area (Å²) in [5, 5.41) is 5.70. The van der Waals surface area contributed by atoms with Gasteiger partial charge in [-0.3, -0.25) is 4.79 Å². The van der Waals surface area contributed by atoms with E-state index in [1.54, 1.807) is 0 Å². The summed E-state index contributed by atoms with van der Waals surface area (Å²) >= 11 is 4.93. The lowest BCUT2D eigenvalue weighted by atomic mass is 10.1. The molecular formula is C18H17BrN2O2S. The molecule has 3 aromatic rings. The van der Waals surface area contributed by atoms with E-state index in [0.717, 1.165) is 32.3 Å². The van der Waals surface area contributed by atoms with Crippen molar-refractivity contribution in [2.75, 3.05) is 0 Å². The maximum absolute atomic E-state index is 12.2. The van der Waals surface area contributed by atoms with Crippen molar-refractivity contribution in [2.24, 2.45) is 0 Å². The molecule has 6 heteroatoms. The Morgan fingerprint density at radius 1 is 1.38 bits per heavy atom. The Labute approximate surface area is 153 Å². The lowest BCUT2D eigenvalue weighted by molar-refractivity contribution is -0.121. The maximum Gasteiger partial charge on any atom is 0.226 e. The number of furan rings is 1. The van der Waals surface area contributed by atoms with E-state index in [0.29, 0.717) is 0 Å². The zero-order valence-corrected chi connectivity index (χ0v) is 15.8. The van der Waals surface area contributed by atoms with Crippen LogP contribution in [0.1, 0.15) is 30.0 Å². The highest BCUT2D eigenvalue weighted by atomic mass is 79.9. The van der Waals surface area contributed by atoms with Gasteiger partial charge in [-0.1, -0.05) is 28.1 Å². The Kier molecular flexibility index (Phi) is 5.16. The van der Waals surface area contributed by atoms with Crippen LogP contribution in [0.25, 0.3) is 10.8 Å². The van der Waals surface area contributed by atoms with Gasteiger partial charge in [-0.2, -0.15) is 0 Å². The molecule has 124 valence electrons. The van der Waals surface area contributed by atoms with E-state index in [1.165, 1.54) is 11.3 Å². The molecule has 0 aliphatic heterocycles. The molecule has 0 saturated carbocycles. The molecule has 0 spiro atoms. The van der Waals surface area contributed by atoms with Gasteiger partial charge in [-0.05, 0) is 43.7 Å². The maximum atomic E-state index is 12.2. The quantitative estimate of drug-likeness (QED) is 0.657. The standard InChI is InChI=1S/C18H17BrN2O2S/c1-11-6-7-16(23-11)18-21-15(10-24-18)9-17(22)20-12(2)13-4-3-5-14(19)8-13/h3-8,10,12H,9H2,1-2H3,(H,20,22)/t12-/m0/s1. The molecule has 4 nitrogen and oxygen atoms in total. The molecule has 0 bridgehead atoms. The number of carbonyl (C=O) groups is 1. The summed E-state index contributed by atoms with van der Waals surface area (Å²) in [4.78, 5) is 16.7. The third kappa shape index (κ3) is 4.13. The second kappa shape index (κ2) is 7.32. The summed E-state index contributed by atoms with van der Waals surface area (Å²) in [6, 6.07) is 11.7. The van der Waals surface area contributed by atoms with Gasteiger partial charge in [0.1, 0.15) is 5.76 Å². The summed E-state index contributed by atoms with van der Waals surface area (Å²) in [7, 11) is 0. The first-order chi connectivity index (χ1) is 11.5. The van der Waals surface area contributed by atoms with Crippen LogP contribution in [0.2, 0.25) is 0 Å². The summed E-state index contributed by atoms with van der Waals surface area (Å²) in [5.74, 6) is 1.55. The normalized spacial score (nSPS) is 12.1. The van der Waals surface area contributed by atoms with Crippen LogP contribution in [-0.4, -0.2) is 10.9 Å².